The molecule has 0 spiro atoms. The third-order valence-electron chi connectivity index (χ3n) is 4.51. The molecule has 10 heteroatoms. The number of carbonyl (C=O) groups excluding carboxylic acids is 3. The summed E-state index contributed by atoms with van der Waals surface area (Å²) in [6, 6.07) is 5.23. The summed E-state index contributed by atoms with van der Waals surface area (Å²) in [7, 11) is 0. The van der Waals surface area contributed by atoms with Gasteiger partial charge in [-0.3, -0.25) is 14.4 Å². The molecule has 0 heterocycles. The number of hydrogen-bond donors (Lipinski definition) is 5. The van der Waals surface area contributed by atoms with Gasteiger partial charge in [-0.25, -0.2) is 4.79 Å². The van der Waals surface area contributed by atoms with Crippen molar-refractivity contribution in [2.45, 2.75) is 51.1 Å². The molecule has 0 saturated heterocycles. The van der Waals surface area contributed by atoms with Crippen LogP contribution < -0.4 is 21.7 Å². The smallest absolute Gasteiger partial charge is 0.326 e. The Morgan fingerprint density at radius 1 is 1.09 bits per heavy atom. The summed E-state index contributed by atoms with van der Waals surface area (Å²) in [4.78, 5) is 47.2. The van der Waals surface area contributed by atoms with Gasteiger partial charge in [-0.05, 0) is 62.9 Å². The van der Waals surface area contributed by atoms with E-state index in [2.05, 4.69) is 16.0 Å². The highest BCUT2D eigenvalue weighted by molar-refractivity contribution is 6.30. The first-order valence-corrected chi connectivity index (χ1v) is 10.8. The molecule has 1 rings (SSSR count). The minimum atomic E-state index is -1.08. The summed E-state index contributed by atoms with van der Waals surface area (Å²) in [5.41, 5.74) is 6.18. The lowest BCUT2D eigenvalue weighted by Crippen LogP contribution is -2.45. The van der Waals surface area contributed by atoms with E-state index < -0.39 is 29.9 Å². The van der Waals surface area contributed by atoms with Crippen molar-refractivity contribution < 1.29 is 24.3 Å². The molecule has 1 aromatic rings. The van der Waals surface area contributed by atoms with Crippen molar-refractivity contribution in [1.82, 2.24) is 16.0 Å². The molecular formula is C22H31ClN4O5. The predicted octanol–water partition coefficient (Wildman–Crippen LogP) is 1.45. The van der Waals surface area contributed by atoms with Gasteiger partial charge in [0.05, 0.1) is 0 Å². The number of aliphatic carboxylic acids is 1. The van der Waals surface area contributed by atoms with Gasteiger partial charge in [-0.1, -0.05) is 23.7 Å². The van der Waals surface area contributed by atoms with E-state index in [1.54, 1.807) is 37.3 Å². The van der Waals surface area contributed by atoms with Crippen molar-refractivity contribution in [2.75, 3.05) is 13.1 Å². The first-order chi connectivity index (χ1) is 15.2. The number of carboxylic acids is 1. The molecule has 0 aliphatic heterocycles. The van der Waals surface area contributed by atoms with E-state index >= 15 is 0 Å². The molecule has 9 nitrogen and oxygen atoms in total. The lowest BCUT2D eigenvalue weighted by atomic mass is 10.1. The number of hydrogen-bond acceptors (Lipinski definition) is 5. The lowest BCUT2D eigenvalue weighted by molar-refractivity contribution is -0.142. The molecule has 176 valence electrons. The maximum Gasteiger partial charge on any atom is 0.326 e. The maximum atomic E-state index is 12.1. The summed E-state index contributed by atoms with van der Waals surface area (Å²) in [5, 5.41) is 17.4. The zero-order valence-electron chi connectivity index (χ0n) is 18.1. The van der Waals surface area contributed by atoms with Crippen molar-refractivity contribution in [3.05, 3.63) is 40.9 Å². The van der Waals surface area contributed by atoms with Crippen LogP contribution in [0.15, 0.2) is 30.3 Å². The Morgan fingerprint density at radius 2 is 1.78 bits per heavy atom. The third-order valence-corrected chi connectivity index (χ3v) is 4.76. The molecule has 6 N–H and O–H groups in total. The summed E-state index contributed by atoms with van der Waals surface area (Å²) < 4.78 is 0. The normalized spacial score (nSPS) is 12.7. The predicted molar refractivity (Wildman–Crippen MR) is 123 cm³/mol. The lowest BCUT2D eigenvalue weighted by Gasteiger charge is -2.15. The molecule has 3 amide bonds. The second kappa shape index (κ2) is 15.0. The average Bonchev–Trinajstić information content (AvgIpc) is 2.75. The van der Waals surface area contributed by atoms with Crippen LogP contribution in [-0.2, 0) is 19.2 Å². The summed E-state index contributed by atoms with van der Waals surface area (Å²) in [5.74, 6) is -2.29. The van der Waals surface area contributed by atoms with Crippen LogP contribution in [0.1, 0.15) is 44.6 Å². The van der Waals surface area contributed by atoms with Gasteiger partial charge >= 0.3 is 5.97 Å². The number of nitrogens with one attached hydrogen (secondary N) is 3. The van der Waals surface area contributed by atoms with Gasteiger partial charge in [0, 0.05) is 24.1 Å². The first kappa shape index (κ1) is 27.1. The van der Waals surface area contributed by atoms with Gasteiger partial charge in [0.15, 0.2) is 0 Å². The number of amides is 3. The number of benzene rings is 1. The van der Waals surface area contributed by atoms with Crippen LogP contribution in [0.5, 0.6) is 0 Å². The van der Waals surface area contributed by atoms with Crippen LogP contribution in [0, 0.1) is 0 Å². The number of rotatable bonds is 14. The van der Waals surface area contributed by atoms with Gasteiger partial charge in [-0.2, -0.15) is 0 Å². The molecule has 32 heavy (non-hydrogen) atoms. The topological polar surface area (TPSA) is 151 Å². The Bertz CT molecular complexity index is 798. The van der Waals surface area contributed by atoms with Gasteiger partial charge in [0.2, 0.25) is 17.7 Å². The molecule has 0 fully saturated rings. The van der Waals surface area contributed by atoms with Crippen LogP contribution in [0.25, 0.3) is 6.08 Å². The Balaban J connectivity index is 2.29. The van der Waals surface area contributed by atoms with Crippen molar-refractivity contribution >= 4 is 41.4 Å². The molecule has 1 aromatic carbocycles. The molecule has 0 radical (unpaired) electrons. The molecule has 2 atom stereocenters. The Labute approximate surface area is 192 Å². The number of carboxylic acid groups (broad SMARTS) is 1. The largest absolute Gasteiger partial charge is 0.480 e. The number of unbranched alkanes of at least 4 members (excludes halogenated alkanes) is 1. The highest BCUT2D eigenvalue weighted by atomic mass is 35.5. The van der Waals surface area contributed by atoms with E-state index in [0.717, 1.165) is 5.56 Å². The van der Waals surface area contributed by atoms with E-state index in [1.807, 2.05) is 0 Å². The van der Waals surface area contributed by atoms with Gasteiger partial charge < -0.3 is 26.8 Å². The van der Waals surface area contributed by atoms with E-state index in [4.69, 9.17) is 22.4 Å². The Kier molecular flexibility index (Phi) is 12.7. The highest BCUT2D eigenvalue weighted by Crippen LogP contribution is 2.10. The van der Waals surface area contributed by atoms with Crippen LogP contribution in [0.2, 0.25) is 5.02 Å². The molecule has 0 bridgehead atoms. The van der Waals surface area contributed by atoms with Crippen LogP contribution in [-0.4, -0.2) is 54.0 Å². The van der Waals surface area contributed by atoms with Crippen molar-refractivity contribution in [3.8, 4) is 0 Å². The zero-order chi connectivity index (χ0) is 23.9. The van der Waals surface area contributed by atoms with E-state index in [9.17, 15) is 19.2 Å². The third kappa shape index (κ3) is 11.5. The quantitative estimate of drug-likeness (QED) is 0.207. The standard InChI is InChI=1S/C22H31ClN4O5/c1-15(26-20(29)12-9-16-7-10-17(23)11-8-16)21(30)25-14-4-6-19(28)27-18(22(31)32)5-2-3-13-24/h7-12,15,18H,2-6,13-14,24H2,1H3,(H,25,30)(H,26,29)(H,27,28)(H,31,32)/b12-9+. The van der Waals surface area contributed by atoms with Crippen LogP contribution in [0.4, 0.5) is 0 Å². The fraction of sp³-hybridized carbons (Fsp3) is 0.455. The molecular weight excluding hydrogens is 436 g/mol. The number of halogens is 1. The first-order valence-electron chi connectivity index (χ1n) is 10.5. The zero-order valence-corrected chi connectivity index (χ0v) is 18.9. The minimum absolute atomic E-state index is 0.0749. The summed E-state index contributed by atoms with van der Waals surface area (Å²) in [6.45, 7) is 2.24. The van der Waals surface area contributed by atoms with Gasteiger partial charge in [0.25, 0.3) is 0 Å². The second-order valence-electron chi connectivity index (χ2n) is 7.25. The molecule has 2 unspecified atom stereocenters. The Hall–Kier alpha value is -2.91. The Morgan fingerprint density at radius 3 is 2.41 bits per heavy atom. The van der Waals surface area contributed by atoms with Crippen molar-refractivity contribution in [1.29, 1.82) is 0 Å². The second-order valence-corrected chi connectivity index (χ2v) is 7.69. The molecule has 0 aliphatic carbocycles. The van der Waals surface area contributed by atoms with Crippen LogP contribution in [0.3, 0.4) is 0 Å². The SMILES string of the molecule is CC(NC(=O)/C=C/c1ccc(Cl)cc1)C(=O)NCCCC(=O)NC(CCCCN)C(=O)O. The summed E-state index contributed by atoms with van der Waals surface area (Å²) in [6.07, 6.45) is 4.97. The van der Waals surface area contributed by atoms with Crippen molar-refractivity contribution in [3.63, 3.8) is 0 Å². The highest BCUT2D eigenvalue weighted by Gasteiger charge is 2.19. The molecule has 0 aromatic heterocycles. The molecule has 0 saturated carbocycles. The fourth-order valence-electron chi connectivity index (χ4n) is 2.70. The van der Waals surface area contributed by atoms with Gasteiger partial charge in [-0.15, -0.1) is 0 Å². The number of nitrogens with two attached hydrogens (primary N) is 1. The maximum absolute atomic E-state index is 12.1. The number of carbonyl (C=O) groups is 4. The summed E-state index contributed by atoms with van der Waals surface area (Å²) >= 11 is 5.81. The van der Waals surface area contributed by atoms with E-state index in [1.165, 1.54) is 6.08 Å². The monoisotopic (exact) mass is 466 g/mol. The van der Waals surface area contributed by atoms with Crippen molar-refractivity contribution in [2.24, 2.45) is 5.73 Å². The van der Waals surface area contributed by atoms with E-state index in [-0.39, 0.29) is 18.9 Å². The fourth-order valence-corrected chi connectivity index (χ4v) is 2.83. The van der Waals surface area contributed by atoms with E-state index in [0.29, 0.717) is 37.3 Å². The van der Waals surface area contributed by atoms with Crippen LogP contribution >= 0.6 is 11.6 Å². The average molecular weight is 467 g/mol. The van der Waals surface area contributed by atoms with Gasteiger partial charge in [0.1, 0.15) is 12.1 Å². The molecule has 0 aliphatic rings. The minimum Gasteiger partial charge on any atom is -0.480 e.